The Morgan fingerprint density at radius 1 is 1.60 bits per heavy atom. The Bertz CT molecular complexity index is 391. The number of hydrogen-bond acceptors (Lipinski definition) is 4. The van der Waals surface area contributed by atoms with Crippen LogP contribution in [0.4, 0.5) is 4.39 Å². The van der Waals surface area contributed by atoms with Crippen LogP contribution in [0.25, 0.3) is 0 Å². The number of hydrogen-bond donors (Lipinski definition) is 0. The molecule has 1 aromatic heterocycles. The lowest BCUT2D eigenvalue weighted by molar-refractivity contribution is 0.0513. The van der Waals surface area contributed by atoms with Gasteiger partial charge in [0, 0.05) is 5.92 Å². The Kier molecular flexibility index (Phi) is 2.62. The van der Waals surface area contributed by atoms with Crippen LogP contribution in [0.3, 0.4) is 0 Å². The van der Waals surface area contributed by atoms with Crippen molar-refractivity contribution >= 4 is 5.97 Å². The Morgan fingerprint density at radius 2 is 2.33 bits per heavy atom. The van der Waals surface area contributed by atoms with Gasteiger partial charge in [0.15, 0.2) is 11.5 Å². The largest absolute Gasteiger partial charge is 0.461 e. The van der Waals surface area contributed by atoms with Crippen LogP contribution in [-0.2, 0) is 4.74 Å². The second-order valence-corrected chi connectivity index (χ2v) is 3.42. The maximum Gasteiger partial charge on any atom is 0.360 e. The molecule has 15 heavy (non-hydrogen) atoms. The first-order valence-electron chi connectivity index (χ1n) is 4.91. The molecule has 0 N–H and O–H groups in total. The summed E-state index contributed by atoms with van der Waals surface area (Å²) in [5.41, 5.74) is 0.0850. The summed E-state index contributed by atoms with van der Waals surface area (Å²) in [4.78, 5) is 18.8. The van der Waals surface area contributed by atoms with Gasteiger partial charge in [0.1, 0.15) is 6.33 Å². The van der Waals surface area contributed by atoms with Crippen molar-refractivity contribution in [2.24, 2.45) is 0 Å². The van der Waals surface area contributed by atoms with Gasteiger partial charge in [-0.25, -0.2) is 19.2 Å². The Morgan fingerprint density at radius 3 is 2.93 bits per heavy atom. The number of aromatic nitrogens is 2. The molecule has 2 rings (SSSR count). The molecule has 1 saturated carbocycles. The molecule has 1 heterocycles. The standard InChI is InChI=1S/C10H11FN2O2/c1-2-15-10(14)9-7(11)8(6-3-4-6)12-5-13-9/h5-6H,2-4H2,1H3. The zero-order valence-electron chi connectivity index (χ0n) is 8.36. The number of rotatable bonds is 3. The highest BCUT2D eigenvalue weighted by Gasteiger charge is 2.31. The number of carbonyl (C=O) groups excluding carboxylic acids is 1. The molecular formula is C10H11FN2O2. The summed E-state index contributed by atoms with van der Waals surface area (Å²) < 4.78 is 18.4. The summed E-state index contributed by atoms with van der Waals surface area (Å²) in [5, 5.41) is 0. The van der Waals surface area contributed by atoms with Crippen LogP contribution in [0.1, 0.15) is 41.9 Å². The SMILES string of the molecule is CCOC(=O)c1ncnc(C2CC2)c1F. The molecule has 0 amide bonds. The molecule has 0 unspecified atom stereocenters. The van der Waals surface area contributed by atoms with E-state index in [0.29, 0.717) is 5.69 Å². The van der Waals surface area contributed by atoms with E-state index in [1.807, 2.05) is 0 Å². The fourth-order valence-corrected chi connectivity index (χ4v) is 1.37. The molecule has 0 atom stereocenters. The number of ether oxygens (including phenoxy) is 1. The fourth-order valence-electron chi connectivity index (χ4n) is 1.37. The van der Waals surface area contributed by atoms with Crippen molar-refractivity contribution < 1.29 is 13.9 Å². The van der Waals surface area contributed by atoms with Crippen LogP contribution in [0, 0.1) is 5.82 Å². The summed E-state index contributed by atoms with van der Waals surface area (Å²) in [7, 11) is 0. The zero-order chi connectivity index (χ0) is 10.8. The van der Waals surface area contributed by atoms with E-state index in [4.69, 9.17) is 4.74 Å². The zero-order valence-corrected chi connectivity index (χ0v) is 8.36. The Balaban J connectivity index is 2.30. The van der Waals surface area contributed by atoms with Gasteiger partial charge in [-0.1, -0.05) is 0 Å². The monoisotopic (exact) mass is 210 g/mol. The van der Waals surface area contributed by atoms with Crippen molar-refractivity contribution in [2.75, 3.05) is 6.61 Å². The van der Waals surface area contributed by atoms with Gasteiger partial charge < -0.3 is 4.74 Å². The van der Waals surface area contributed by atoms with Crippen molar-refractivity contribution in [1.82, 2.24) is 9.97 Å². The van der Waals surface area contributed by atoms with Gasteiger partial charge in [-0.15, -0.1) is 0 Å². The third-order valence-electron chi connectivity index (χ3n) is 2.25. The van der Waals surface area contributed by atoms with E-state index in [-0.39, 0.29) is 18.2 Å². The lowest BCUT2D eigenvalue weighted by Crippen LogP contribution is -2.12. The van der Waals surface area contributed by atoms with Gasteiger partial charge in [0.2, 0.25) is 0 Å². The van der Waals surface area contributed by atoms with Gasteiger partial charge in [-0.3, -0.25) is 0 Å². The highest BCUT2D eigenvalue weighted by atomic mass is 19.1. The summed E-state index contributed by atoms with van der Waals surface area (Å²) in [5.74, 6) is -1.20. The van der Waals surface area contributed by atoms with E-state index >= 15 is 0 Å². The lowest BCUT2D eigenvalue weighted by Gasteiger charge is -2.04. The topological polar surface area (TPSA) is 52.1 Å². The molecule has 4 nitrogen and oxygen atoms in total. The molecule has 1 aliphatic rings. The quantitative estimate of drug-likeness (QED) is 0.712. The van der Waals surface area contributed by atoms with Crippen LogP contribution in [0.15, 0.2) is 6.33 Å². The van der Waals surface area contributed by atoms with E-state index in [1.54, 1.807) is 6.92 Å². The maximum atomic E-state index is 13.7. The van der Waals surface area contributed by atoms with Crippen LogP contribution >= 0.6 is 0 Å². The highest BCUT2D eigenvalue weighted by Crippen LogP contribution is 2.40. The molecular weight excluding hydrogens is 199 g/mol. The molecule has 1 aliphatic carbocycles. The average molecular weight is 210 g/mol. The first-order chi connectivity index (χ1) is 7.24. The molecule has 0 spiro atoms. The third kappa shape index (κ3) is 1.95. The minimum atomic E-state index is -0.723. The van der Waals surface area contributed by atoms with Crippen molar-refractivity contribution in [3.63, 3.8) is 0 Å². The van der Waals surface area contributed by atoms with E-state index in [2.05, 4.69) is 9.97 Å². The van der Waals surface area contributed by atoms with Crippen molar-refractivity contribution in [3.8, 4) is 0 Å². The van der Waals surface area contributed by atoms with Crippen LogP contribution in [-0.4, -0.2) is 22.5 Å². The third-order valence-corrected chi connectivity index (χ3v) is 2.25. The molecule has 80 valence electrons. The smallest absolute Gasteiger partial charge is 0.360 e. The normalized spacial score (nSPS) is 15.1. The lowest BCUT2D eigenvalue weighted by atomic mass is 10.2. The highest BCUT2D eigenvalue weighted by molar-refractivity contribution is 5.87. The molecule has 5 heteroatoms. The van der Waals surface area contributed by atoms with Gasteiger partial charge in [-0.05, 0) is 19.8 Å². The van der Waals surface area contributed by atoms with Crippen molar-refractivity contribution in [3.05, 3.63) is 23.5 Å². The first-order valence-corrected chi connectivity index (χ1v) is 4.91. The van der Waals surface area contributed by atoms with Crippen LogP contribution in [0.5, 0.6) is 0 Å². The van der Waals surface area contributed by atoms with Crippen molar-refractivity contribution in [1.29, 1.82) is 0 Å². The van der Waals surface area contributed by atoms with Gasteiger partial charge in [-0.2, -0.15) is 0 Å². The number of nitrogens with zero attached hydrogens (tertiary/aromatic N) is 2. The minimum absolute atomic E-state index is 0.154. The predicted octanol–water partition coefficient (Wildman–Crippen LogP) is 1.67. The van der Waals surface area contributed by atoms with Crippen molar-refractivity contribution in [2.45, 2.75) is 25.7 Å². The Hall–Kier alpha value is -1.52. The van der Waals surface area contributed by atoms with Gasteiger partial charge in [0.25, 0.3) is 0 Å². The molecule has 1 fully saturated rings. The Labute approximate surface area is 86.5 Å². The van der Waals surface area contributed by atoms with E-state index in [0.717, 1.165) is 12.8 Å². The van der Waals surface area contributed by atoms with E-state index < -0.39 is 11.8 Å². The number of halogens is 1. The number of carbonyl (C=O) groups is 1. The molecule has 0 saturated heterocycles. The summed E-state index contributed by atoms with van der Waals surface area (Å²) in [6.45, 7) is 1.87. The average Bonchev–Trinajstić information content (AvgIpc) is 3.02. The minimum Gasteiger partial charge on any atom is -0.461 e. The molecule has 0 aromatic carbocycles. The van der Waals surface area contributed by atoms with Gasteiger partial charge in [0.05, 0.1) is 12.3 Å². The summed E-state index contributed by atoms with van der Waals surface area (Å²) in [6.07, 6.45) is 3.06. The fraction of sp³-hybridized carbons (Fsp3) is 0.500. The van der Waals surface area contributed by atoms with Crippen LogP contribution in [0.2, 0.25) is 0 Å². The van der Waals surface area contributed by atoms with E-state index in [9.17, 15) is 9.18 Å². The second kappa shape index (κ2) is 3.92. The first kappa shape index (κ1) is 10.0. The van der Waals surface area contributed by atoms with Gasteiger partial charge >= 0.3 is 5.97 Å². The van der Waals surface area contributed by atoms with E-state index in [1.165, 1.54) is 6.33 Å². The number of esters is 1. The van der Waals surface area contributed by atoms with Crippen LogP contribution < -0.4 is 0 Å². The second-order valence-electron chi connectivity index (χ2n) is 3.42. The molecule has 0 aliphatic heterocycles. The molecule has 1 aromatic rings. The molecule has 0 radical (unpaired) electrons. The summed E-state index contributed by atoms with van der Waals surface area (Å²) >= 11 is 0. The summed E-state index contributed by atoms with van der Waals surface area (Å²) in [6, 6.07) is 0. The molecule has 0 bridgehead atoms. The predicted molar refractivity (Wildman–Crippen MR) is 49.9 cm³/mol. The maximum absolute atomic E-state index is 13.7.